The van der Waals surface area contributed by atoms with Crippen molar-refractivity contribution in [3.8, 4) is 5.75 Å². The number of aliphatic hydroxyl groups is 1. The Hall–Kier alpha value is -1.55. The number of rotatable bonds is 4. The summed E-state index contributed by atoms with van der Waals surface area (Å²) in [6, 6.07) is 5.85. The summed E-state index contributed by atoms with van der Waals surface area (Å²) >= 11 is 0. The maximum Gasteiger partial charge on any atom is 0.303 e. The van der Waals surface area contributed by atoms with Gasteiger partial charge in [-0.1, -0.05) is 13.0 Å². The summed E-state index contributed by atoms with van der Waals surface area (Å²) in [5, 5.41) is 30.2. The van der Waals surface area contributed by atoms with Crippen molar-refractivity contribution >= 4 is 5.97 Å². The van der Waals surface area contributed by atoms with Crippen molar-refractivity contribution in [2.75, 3.05) is 0 Å². The van der Waals surface area contributed by atoms with Crippen molar-refractivity contribution in [1.29, 1.82) is 0 Å². The molecule has 0 saturated heterocycles. The summed E-state index contributed by atoms with van der Waals surface area (Å²) in [6.45, 7) is 2.26. The Balaban J connectivity index is 1.56. The second-order valence-electron chi connectivity index (χ2n) is 9.07. The Kier molecular flexibility index (Phi) is 4.30. The van der Waals surface area contributed by atoms with Gasteiger partial charge in [-0.25, -0.2) is 0 Å². The number of benzene rings is 1. The van der Waals surface area contributed by atoms with E-state index in [-0.39, 0.29) is 11.8 Å². The highest BCUT2D eigenvalue weighted by molar-refractivity contribution is 5.66. The predicted molar refractivity (Wildman–Crippen MR) is 99.2 cm³/mol. The molecule has 3 N–H and O–H groups in total. The van der Waals surface area contributed by atoms with Gasteiger partial charge in [0.1, 0.15) is 5.75 Å². The zero-order chi connectivity index (χ0) is 18.5. The van der Waals surface area contributed by atoms with E-state index >= 15 is 0 Å². The monoisotopic (exact) mass is 358 g/mol. The largest absolute Gasteiger partial charge is 0.508 e. The van der Waals surface area contributed by atoms with Crippen LogP contribution in [0.5, 0.6) is 5.75 Å². The average molecular weight is 358 g/mol. The number of phenols is 1. The molecule has 0 spiro atoms. The summed E-state index contributed by atoms with van der Waals surface area (Å²) in [7, 11) is 0. The summed E-state index contributed by atoms with van der Waals surface area (Å²) in [5.74, 6) is 1.23. The van der Waals surface area contributed by atoms with Crippen molar-refractivity contribution in [1.82, 2.24) is 0 Å². The standard InChI is InChI=1S/C22H30O4/c1-21-11-8-17-16-7-5-15(23)13-14(16)4-6-18(17)19(21)9-12-22(21,26)10-2-3-20(24)25/h5,7,13,17-19,23,26H,2-4,6,8-12H2,1H3,(H,24,25)/t17-,18-,19+,21+,22+/m1/s1. The maximum absolute atomic E-state index is 11.5. The van der Waals surface area contributed by atoms with Crippen molar-refractivity contribution in [2.24, 2.45) is 17.3 Å². The van der Waals surface area contributed by atoms with Crippen LogP contribution in [0.3, 0.4) is 0 Å². The first-order chi connectivity index (χ1) is 12.3. The average Bonchev–Trinajstić information content (AvgIpc) is 2.85. The van der Waals surface area contributed by atoms with Crippen LogP contribution < -0.4 is 0 Å². The molecular formula is C22H30O4. The Morgan fingerprint density at radius 2 is 2.04 bits per heavy atom. The fraction of sp³-hybridized carbons (Fsp3) is 0.682. The highest BCUT2D eigenvalue weighted by Gasteiger charge is 2.60. The van der Waals surface area contributed by atoms with E-state index in [4.69, 9.17) is 5.11 Å². The van der Waals surface area contributed by atoms with E-state index in [0.717, 1.165) is 38.5 Å². The number of carbonyl (C=O) groups is 1. The van der Waals surface area contributed by atoms with E-state index in [2.05, 4.69) is 13.0 Å². The van der Waals surface area contributed by atoms with Gasteiger partial charge in [-0.3, -0.25) is 4.79 Å². The number of carboxylic acids is 1. The lowest BCUT2D eigenvalue weighted by Gasteiger charge is -2.53. The van der Waals surface area contributed by atoms with E-state index in [1.807, 2.05) is 12.1 Å². The highest BCUT2D eigenvalue weighted by atomic mass is 16.4. The van der Waals surface area contributed by atoms with Crippen LogP contribution in [0.1, 0.15) is 75.3 Å². The number of aliphatic carboxylic acids is 1. The van der Waals surface area contributed by atoms with Gasteiger partial charge in [0.25, 0.3) is 0 Å². The van der Waals surface area contributed by atoms with Crippen LogP contribution in [0.4, 0.5) is 0 Å². The molecule has 0 heterocycles. The first-order valence-corrected chi connectivity index (χ1v) is 10.1. The summed E-state index contributed by atoms with van der Waals surface area (Å²) in [5.41, 5.74) is 1.89. The Bertz CT molecular complexity index is 714. The van der Waals surface area contributed by atoms with E-state index in [1.54, 1.807) is 0 Å². The van der Waals surface area contributed by atoms with Crippen LogP contribution in [0, 0.1) is 17.3 Å². The number of carboxylic acid groups (broad SMARTS) is 1. The summed E-state index contributed by atoms with van der Waals surface area (Å²) in [6.07, 6.45) is 7.39. The van der Waals surface area contributed by atoms with Gasteiger partial charge < -0.3 is 15.3 Å². The molecule has 5 atom stereocenters. The Morgan fingerprint density at radius 1 is 1.23 bits per heavy atom. The zero-order valence-corrected chi connectivity index (χ0v) is 15.6. The van der Waals surface area contributed by atoms with Gasteiger partial charge in [-0.05, 0) is 97.8 Å². The first-order valence-electron chi connectivity index (χ1n) is 10.1. The van der Waals surface area contributed by atoms with Crippen LogP contribution in [0.15, 0.2) is 18.2 Å². The Morgan fingerprint density at radius 3 is 2.81 bits per heavy atom. The summed E-state index contributed by atoms with van der Waals surface area (Å²) in [4.78, 5) is 10.9. The topological polar surface area (TPSA) is 77.8 Å². The van der Waals surface area contributed by atoms with Gasteiger partial charge in [0.05, 0.1) is 5.60 Å². The lowest BCUT2D eigenvalue weighted by atomic mass is 9.53. The number of aryl methyl sites for hydroxylation is 1. The normalized spacial score (nSPS) is 38.3. The molecule has 1 aromatic carbocycles. The molecule has 142 valence electrons. The van der Waals surface area contributed by atoms with Gasteiger partial charge in [-0.15, -0.1) is 0 Å². The number of phenolic OH excluding ortho intramolecular Hbond substituents is 1. The molecule has 0 aliphatic heterocycles. The molecule has 1 aromatic rings. The van der Waals surface area contributed by atoms with E-state index in [1.165, 1.54) is 11.1 Å². The van der Waals surface area contributed by atoms with E-state index in [9.17, 15) is 15.0 Å². The van der Waals surface area contributed by atoms with Crippen LogP contribution in [0.2, 0.25) is 0 Å². The van der Waals surface area contributed by atoms with Crippen LogP contribution in [-0.2, 0) is 11.2 Å². The van der Waals surface area contributed by atoms with Crippen molar-refractivity contribution < 1.29 is 20.1 Å². The maximum atomic E-state index is 11.5. The molecule has 0 bridgehead atoms. The second-order valence-corrected chi connectivity index (χ2v) is 9.07. The molecule has 4 rings (SSSR count). The molecule has 0 aromatic heterocycles. The number of hydrogen-bond acceptors (Lipinski definition) is 3. The first kappa shape index (κ1) is 17.8. The van der Waals surface area contributed by atoms with Crippen molar-refractivity contribution in [3.05, 3.63) is 29.3 Å². The van der Waals surface area contributed by atoms with Crippen molar-refractivity contribution in [3.63, 3.8) is 0 Å². The predicted octanol–water partition coefficient (Wildman–Crippen LogP) is 4.23. The third-order valence-corrected chi connectivity index (χ3v) is 8.01. The highest BCUT2D eigenvalue weighted by Crippen LogP contribution is 2.65. The van der Waals surface area contributed by atoms with Gasteiger partial charge in [0, 0.05) is 6.42 Å². The molecule has 2 saturated carbocycles. The summed E-state index contributed by atoms with van der Waals surface area (Å²) < 4.78 is 0. The minimum Gasteiger partial charge on any atom is -0.508 e. The lowest BCUT2D eigenvalue weighted by molar-refractivity contribution is -0.138. The van der Waals surface area contributed by atoms with E-state index in [0.29, 0.717) is 36.3 Å². The van der Waals surface area contributed by atoms with Gasteiger partial charge in [-0.2, -0.15) is 0 Å². The van der Waals surface area contributed by atoms with Crippen LogP contribution in [-0.4, -0.2) is 26.9 Å². The van der Waals surface area contributed by atoms with Gasteiger partial charge in [0.15, 0.2) is 0 Å². The van der Waals surface area contributed by atoms with Crippen LogP contribution in [0.25, 0.3) is 0 Å². The number of hydrogen-bond donors (Lipinski definition) is 3. The molecule has 4 heteroatoms. The third kappa shape index (κ3) is 2.65. The molecule has 4 nitrogen and oxygen atoms in total. The number of aromatic hydroxyl groups is 1. The fourth-order valence-electron chi connectivity index (χ4n) is 6.62. The smallest absolute Gasteiger partial charge is 0.303 e. The molecule has 0 amide bonds. The molecular weight excluding hydrogens is 328 g/mol. The fourth-order valence-corrected chi connectivity index (χ4v) is 6.62. The second kappa shape index (κ2) is 6.26. The SMILES string of the molecule is C[C@]12CC[C@@H]3c4ccc(O)cc4CC[C@H]3[C@@H]1CC[C@@]2(O)CCCC(=O)O. The molecule has 0 unspecified atom stereocenters. The molecule has 0 radical (unpaired) electrons. The van der Waals surface area contributed by atoms with Gasteiger partial charge in [0.2, 0.25) is 0 Å². The van der Waals surface area contributed by atoms with Crippen LogP contribution >= 0.6 is 0 Å². The molecule has 3 aliphatic carbocycles. The lowest BCUT2D eigenvalue weighted by Crippen LogP contribution is -2.50. The third-order valence-electron chi connectivity index (χ3n) is 8.01. The Labute approximate surface area is 155 Å². The minimum atomic E-state index is -0.774. The quantitative estimate of drug-likeness (QED) is 0.752. The molecule has 3 aliphatic rings. The number of fused-ring (bicyclic) bond motifs is 5. The van der Waals surface area contributed by atoms with Gasteiger partial charge >= 0.3 is 5.97 Å². The zero-order valence-electron chi connectivity index (χ0n) is 15.6. The van der Waals surface area contributed by atoms with E-state index < -0.39 is 11.6 Å². The van der Waals surface area contributed by atoms with Crippen molar-refractivity contribution in [2.45, 2.75) is 76.2 Å². The molecule has 2 fully saturated rings. The minimum absolute atomic E-state index is 0.0961. The molecule has 26 heavy (non-hydrogen) atoms.